The summed E-state index contributed by atoms with van der Waals surface area (Å²) >= 11 is 0. The normalized spacial score (nSPS) is 10.2. The Bertz CT molecular complexity index is 496. The fourth-order valence-electron chi connectivity index (χ4n) is 1.47. The van der Waals surface area contributed by atoms with Crippen LogP contribution in [-0.4, -0.2) is 17.6 Å². The number of aromatic nitrogens is 1. The fourth-order valence-corrected chi connectivity index (χ4v) is 1.47. The topological polar surface area (TPSA) is 63.0 Å². The van der Waals surface area contributed by atoms with Crippen LogP contribution >= 0.6 is 0 Å². The van der Waals surface area contributed by atoms with E-state index in [1.807, 2.05) is 0 Å². The Hall–Kier alpha value is -2.03. The number of nitrogens with zero attached hydrogens (tertiary/aromatic N) is 2. The molecule has 18 heavy (non-hydrogen) atoms. The van der Waals surface area contributed by atoms with Gasteiger partial charge in [0, 0.05) is 11.3 Å². The largest absolute Gasteiger partial charge is 0.466 e. The summed E-state index contributed by atoms with van der Waals surface area (Å²) < 4.78 is 30.0. The second kappa shape index (κ2) is 6.05. The second-order valence-electron chi connectivity index (χ2n) is 3.55. The van der Waals surface area contributed by atoms with Gasteiger partial charge in [-0.25, -0.2) is 8.78 Å². The first-order valence-electron chi connectivity index (χ1n) is 5.33. The summed E-state index contributed by atoms with van der Waals surface area (Å²) in [5.41, 5.74) is -0.0377. The monoisotopic (exact) mass is 254 g/mol. The molecule has 1 rings (SSSR count). The van der Waals surface area contributed by atoms with E-state index >= 15 is 0 Å². The van der Waals surface area contributed by atoms with Crippen molar-refractivity contribution in [2.75, 3.05) is 6.61 Å². The number of ether oxygens (including phenoxy) is 1. The minimum Gasteiger partial charge on any atom is -0.466 e. The summed E-state index contributed by atoms with van der Waals surface area (Å²) in [6.07, 6.45) is -2.89. The zero-order valence-electron chi connectivity index (χ0n) is 10.0. The molecular weight excluding hydrogens is 242 g/mol. The van der Waals surface area contributed by atoms with Crippen LogP contribution in [0.4, 0.5) is 8.78 Å². The minimum absolute atomic E-state index is 0.0241. The van der Waals surface area contributed by atoms with Gasteiger partial charge in [-0.15, -0.1) is 0 Å². The molecule has 0 spiro atoms. The van der Waals surface area contributed by atoms with Crippen molar-refractivity contribution in [1.29, 1.82) is 5.26 Å². The number of pyridine rings is 1. The molecule has 0 aliphatic carbocycles. The quantitative estimate of drug-likeness (QED) is 0.773. The molecule has 0 N–H and O–H groups in total. The predicted molar refractivity (Wildman–Crippen MR) is 59.0 cm³/mol. The number of carbonyl (C=O) groups excluding carboxylic acids is 1. The molecule has 0 aliphatic rings. The van der Waals surface area contributed by atoms with E-state index in [0.29, 0.717) is 0 Å². The van der Waals surface area contributed by atoms with Crippen LogP contribution in [0.5, 0.6) is 0 Å². The number of alkyl halides is 2. The van der Waals surface area contributed by atoms with Crippen LogP contribution in [0, 0.1) is 18.3 Å². The molecule has 6 heteroatoms. The van der Waals surface area contributed by atoms with Gasteiger partial charge in [-0.2, -0.15) is 5.26 Å². The summed E-state index contributed by atoms with van der Waals surface area (Å²) in [6.45, 7) is 3.29. The lowest BCUT2D eigenvalue weighted by Crippen LogP contribution is -2.11. The molecule has 0 fully saturated rings. The Labute approximate surface area is 103 Å². The molecule has 0 amide bonds. The van der Waals surface area contributed by atoms with Crippen molar-refractivity contribution in [2.24, 2.45) is 0 Å². The number of halogens is 2. The minimum atomic E-state index is -2.69. The van der Waals surface area contributed by atoms with E-state index < -0.39 is 12.4 Å². The summed E-state index contributed by atoms with van der Waals surface area (Å²) in [5.74, 6) is -0.536. The summed E-state index contributed by atoms with van der Waals surface area (Å²) in [7, 11) is 0. The Morgan fingerprint density at radius 1 is 1.61 bits per heavy atom. The molecule has 0 atom stereocenters. The van der Waals surface area contributed by atoms with Gasteiger partial charge in [-0.05, 0) is 19.9 Å². The number of carbonyl (C=O) groups is 1. The highest BCUT2D eigenvalue weighted by molar-refractivity contribution is 5.73. The van der Waals surface area contributed by atoms with Crippen molar-refractivity contribution in [2.45, 2.75) is 26.7 Å². The van der Waals surface area contributed by atoms with Crippen molar-refractivity contribution in [3.8, 4) is 6.07 Å². The zero-order chi connectivity index (χ0) is 13.7. The Kier molecular flexibility index (Phi) is 4.72. The van der Waals surface area contributed by atoms with Crippen LogP contribution in [0.15, 0.2) is 6.07 Å². The van der Waals surface area contributed by atoms with Gasteiger partial charge in [-0.1, -0.05) is 0 Å². The SMILES string of the molecule is CCOC(=O)Cc1nc(C)c(C(F)F)cc1C#N. The third-order valence-electron chi connectivity index (χ3n) is 2.30. The van der Waals surface area contributed by atoms with Gasteiger partial charge in [0.05, 0.1) is 24.3 Å². The summed E-state index contributed by atoms with van der Waals surface area (Å²) in [6, 6.07) is 2.83. The van der Waals surface area contributed by atoms with Gasteiger partial charge in [-0.3, -0.25) is 9.78 Å². The van der Waals surface area contributed by atoms with Crippen LogP contribution in [0.1, 0.15) is 35.9 Å². The van der Waals surface area contributed by atoms with Gasteiger partial charge in [0.1, 0.15) is 6.07 Å². The standard InChI is InChI=1S/C12H12F2N2O2/c1-3-18-11(17)5-10-8(6-15)4-9(12(13)14)7(2)16-10/h4,12H,3,5H2,1-2H3. The first kappa shape index (κ1) is 14.0. The van der Waals surface area contributed by atoms with Crippen molar-refractivity contribution < 1.29 is 18.3 Å². The van der Waals surface area contributed by atoms with Crippen LogP contribution in [0.25, 0.3) is 0 Å². The average Bonchev–Trinajstić information content (AvgIpc) is 2.29. The highest BCUT2D eigenvalue weighted by Crippen LogP contribution is 2.23. The Morgan fingerprint density at radius 2 is 2.28 bits per heavy atom. The highest BCUT2D eigenvalue weighted by Gasteiger charge is 2.17. The molecule has 0 saturated carbocycles. The van der Waals surface area contributed by atoms with Crippen LogP contribution < -0.4 is 0 Å². The van der Waals surface area contributed by atoms with Gasteiger partial charge in [0.25, 0.3) is 6.43 Å². The van der Waals surface area contributed by atoms with Crippen molar-refractivity contribution in [3.05, 3.63) is 28.6 Å². The molecule has 1 heterocycles. The summed E-state index contributed by atoms with van der Waals surface area (Å²) in [4.78, 5) is 15.2. The zero-order valence-corrected chi connectivity index (χ0v) is 10.0. The van der Waals surface area contributed by atoms with E-state index in [0.717, 1.165) is 6.07 Å². The van der Waals surface area contributed by atoms with E-state index in [2.05, 4.69) is 4.98 Å². The second-order valence-corrected chi connectivity index (χ2v) is 3.55. The Balaban J connectivity index is 3.10. The molecule has 0 unspecified atom stereocenters. The van der Waals surface area contributed by atoms with Crippen molar-refractivity contribution in [1.82, 2.24) is 4.98 Å². The molecule has 0 aromatic carbocycles. The van der Waals surface area contributed by atoms with E-state index in [1.54, 1.807) is 13.0 Å². The fraction of sp³-hybridized carbons (Fsp3) is 0.417. The maximum Gasteiger partial charge on any atom is 0.311 e. The first-order valence-corrected chi connectivity index (χ1v) is 5.33. The first-order chi connectivity index (χ1) is 8.49. The molecule has 0 bridgehead atoms. The van der Waals surface area contributed by atoms with Gasteiger partial charge in [0.15, 0.2) is 0 Å². The number of rotatable bonds is 4. The number of hydrogen-bond acceptors (Lipinski definition) is 4. The van der Waals surface area contributed by atoms with Gasteiger partial charge in [0.2, 0.25) is 0 Å². The van der Waals surface area contributed by atoms with E-state index in [1.165, 1.54) is 6.92 Å². The number of esters is 1. The van der Waals surface area contributed by atoms with Crippen molar-refractivity contribution >= 4 is 5.97 Å². The maximum atomic E-state index is 12.6. The average molecular weight is 254 g/mol. The third-order valence-corrected chi connectivity index (χ3v) is 2.30. The molecule has 96 valence electrons. The Morgan fingerprint density at radius 3 is 2.78 bits per heavy atom. The highest BCUT2D eigenvalue weighted by atomic mass is 19.3. The van der Waals surface area contributed by atoms with E-state index in [9.17, 15) is 13.6 Å². The molecule has 1 aromatic rings. The molecule has 1 aromatic heterocycles. The lowest BCUT2D eigenvalue weighted by Gasteiger charge is -2.09. The van der Waals surface area contributed by atoms with E-state index in [4.69, 9.17) is 10.00 Å². The summed E-state index contributed by atoms with van der Waals surface area (Å²) in [5, 5.41) is 8.87. The molecule has 0 aliphatic heterocycles. The van der Waals surface area contributed by atoms with Crippen LogP contribution in [-0.2, 0) is 16.0 Å². The number of aryl methyl sites for hydroxylation is 1. The maximum absolute atomic E-state index is 12.6. The van der Waals surface area contributed by atoms with Crippen molar-refractivity contribution in [3.63, 3.8) is 0 Å². The molecule has 0 saturated heterocycles. The smallest absolute Gasteiger partial charge is 0.311 e. The molecular formula is C12H12F2N2O2. The predicted octanol–water partition coefficient (Wildman–Crippen LogP) is 2.30. The molecule has 4 nitrogen and oxygen atoms in total. The number of hydrogen-bond donors (Lipinski definition) is 0. The number of nitriles is 1. The van der Waals surface area contributed by atoms with Gasteiger partial charge >= 0.3 is 5.97 Å². The van der Waals surface area contributed by atoms with Crippen LogP contribution in [0.3, 0.4) is 0 Å². The lowest BCUT2D eigenvalue weighted by atomic mass is 10.1. The van der Waals surface area contributed by atoms with Gasteiger partial charge < -0.3 is 4.74 Å². The van der Waals surface area contributed by atoms with Crippen LogP contribution in [0.2, 0.25) is 0 Å². The third kappa shape index (κ3) is 3.23. The lowest BCUT2D eigenvalue weighted by molar-refractivity contribution is -0.142. The van der Waals surface area contributed by atoms with E-state index in [-0.39, 0.29) is 35.5 Å². The molecule has 0 radical (unpaired) electrons.